The van der Waals surface area contributed by atoms with Gasteiger partial charge >= 0.3 is 0 Å². The average Bonchev–Trinajstić information content (AvgIpc) is 3.14. The van der Waals surface area contributed by atoms with Gasteiger partial charge in [-0.05, 0) is 25.5 Å². The van der Waals surface area contributed by atoms with Gasteiger partial charge in [-0.2, -0.15) is 5.10 Å². The Balaban J connectivity index is 2.05. The first-order valence-corrected chi connectivity index (χ1v) is 11.3. The van der Waals surface area contributed by atoms with Gasteiger partial charge in [0.05, 0.1) is 25.4 Å². The van der Waals surface area contributed by atoms with Gasteiger partial charge < -0.3 is 19.3 Å². The van der Waals surface area contributed by atoms with E-state index in [0.29, 0.717) is 30.5 Å². The van der Waals surface area contributed by atoms with Gasteiger partial charge in [-0.3, -0.25) is 4.90 Å². The molecule has 7 nitrogen and oxygen atoms in total. The molecule has 0 radical (unpaired) electrons. The summed E-state index contributed by atoms with van der Waals surface area (Å²) in [4.78, 5) is 2.25. The van der Waals surface area contributed by atoms with Gasteiger partial charge in [0.25, 0.3) is 0 Å². The Bertz CT molecular complexity index is 1010. The number of methoxy groups -OCH3 is 2. The lowest BCUT2D eigenvalue weighted by atomic mass is 10.1. The monoisotopic (exact) mass is 453 g/mol. The lowest BCUT2D eigenvalue weighted by Crippen LogP contribution is -2.39. The molecule has 1 aromatic heterocycles. The van der Waals surface area contributed by atoms with Crippen LogP contribution in [0.25, 0.3) is 11.3 Å². The second-order valence-corrected chi connectivity index (χ2v) is 8.17. The fraction of sp³-hybridized carbons (Fsp3) is 0.423. The molecule has 2 atom stereocenters. The molecule has 0 aliphatic rings. The second-order valence-electron chi connectivity index (χ2n) is 8.17. The number of benzene rings is 2. The number of aliphatic hydroxyl groups is 1. The van der Waals surface area contributed by atoms with E-state index in [-0.39, 0.29) is 12.6 Å². The first kappa shape index (κ1) is 24.8. The highest BCUT2D eigenvalue weighted by Crippen LogP contribution is 2.37. The average molecular weight is 454 g/mol. The number of aliphatic hydroxyl groups excluding tert-OH is 1. The minimum atomic E-state index is -0.584. The van der Waals surface area contributed by atoms with E-state index >= 15 is 0 Å². The number of hydrogen-bond donors (Lipinski definition) is 1. The van der Waals surface area contributed by atoms with Crippen LogP contribution in [0.2, 0.25) is 0 Å². The summed E-state index contributed by atoms with van der Waals surface area (Å²) in [5, 5.41) is 15.3. The maximum atomic E-state index is 10.5. The molecule has 0 saturated carbocycles. The van der Waals surface area contributed by atoms with Gasteiger partial charge in [-0.15, -0.1) is 0 Å². The molecule has 3 rings (SSSR count). The van der Waals surface area contributed by atoms with Crippen LogP contribution in [0.3, 0.4) is 0 Å². The summed E-state index contributed by atoms with van der Waals surface area (Å²) >= 11 is 0. The van der Waals surface area contributed by atoms with Crippen molar-refractivity contribution in [2.75, 3.05) is 27.4 Å². The van der Waals surface area contributed by atoms with Crippen LogP contribution in [0.1, 0.15) is 25.8 Å². The van der Waals surface area contributed by atoms with Crippen molar-refractivity contribution in [3.63, 3.8) is 0 Å². The minimum absolute atomic E-state index is 0.249. The summed E-state index contributed by atoms with van der Waals surface area (Å²) in [5.74, 6) is 1.92. The number of para-hydroxylation sites is 2. The Morgan fingerprint density at radius 1 is 1.03 bits per heavy atom. The van der Waals surface area contributed by atoms with E-state index < -0.39 is 6.10 Å². The molecule has 1 heterocycles. The van der Waals surface area contributed by atoms with Crippen molar-refractivity contribution in [3.8, 4) is 28.6 Å². The largest absolute Gasteiger partial charge is 0.493 e. The third kappa shape index (κ3) is 6.13. The fourth-order valence-corrected chi connectivity index (χ4v) is 3.84. The Labute approximate surface area is 196 Å². The highest BCUT2D eigenvalue weighted by Gasteiger charge is 2.25. The molecule has 0 bridgehead atoms. The fourth-order valence-electron chi connectivity index (χ4n) is 3.84. The summed E-state index contributed by atoms with van der Waals surface area (Å²) in [7, 11) is 5.11. The molecule has 0 aliphatic heterocycles. The Morgan fingerprint density at radius 3 is 2.33 bits per heavy atom. The number of ether oxygens (including phenoxy) is 3. The number of nitrogens with zero attached hydrogens (tertiary/aromatic N) is 3. The van der Waals surface area contributed by atoms with E-state index in [1.807, 2.05) is 61.6 Å². The topological polar surface area (TPSA) is 69.0 Å². The molecule has 7 heteroatoms. The highest BCUT2D eigenvalue weighted by atomic mass is 16.5. The van der Waals surface area contributed by atoms with E-state index in [1.54, 1.807) is 18.9 Å². The zero-order chi connectivity index (χ0) is 23.8. The van der Waals surface area contributed by atoms with Crippen molar-refractivity contribution >= 4 is 0 Å². The Hall–Kier alpha value is -2.87. The summed E-state index contributed by atoms with van der Waals surface area (Å²) in [6.45, 7) is 5.65. The predicted molar refractivity (Wildman–Crippen MR) is 130 cm³/mol. The van der Waals surface area contributed by atoms with Crippen molar-refractivity contribution in [1.82, 2.24) is 14.7 Å². The van der Waals surface area contributed by atoms with Crippen molar-refractivity contribution in [2.24, 2.45) is 7.05 Å². The summed E-state index contributed by atoms with van der Waals surface area (Å²) in [6.07, 6.45) is 0.364. The molecule has 2 aromatic carbocycles. The molecule has 1 N–H and O–H groups in total. The molecule has 0 unspecified atom stereocenters. The highest BCUT2D eigenvalue weighted by molar-refractivity contribution is 5.66. The molecule has 0 saturated heterocycles. The van der Waals surface area contributed by atoms with Crippen LogP contribution in [-0.2, 0) is 18.3 Å². The minimum Gasteiger partial charge on any atom is -0.493 e. The van der Waals surface area contributed by atoms with Crippen LogP contribution in [0.5, 0.6) is 17.4 Å². The van der Waals surface area contributed by atoms with E-state index in [4.69, 9.17) is 19.3 Å². The molecule has 3 aromatic rings. The van der Waals surface area contributed by atoms with Crippen LogP contribution >= 0.6 is 0 Å². The van der Waals surface area contributed by atoms with Crippen LogP contribution in [0.15, 0.2) is 54.6 Å². The molecule has 0 amide bonds. The van der Waals surface area contributed by atoms with E-state index in [1.165, 1.54) is 0 Å². The number of rotatable bonds is 12. The number of aromatic nitrogens is 2. The van der Waals surface area contributed by atoms with Crippen molar-refractivity contribution < 1.29 is 19.3 Å². The van der Waals surface area contributed by atoms with Crippen LogP contribution in [0, 0.1) is 0 Å². The second kappa shape index (κ2) is 11.8. The van der Waals surface area contributed by atoms with Gasteiger partial charge in [0, 0.05) is 38.9 Å². The molecule has 0 spiro atoms. The van der Waals surface area contributed by atoms with Gasteiger partial charge in [0.2, 0.25) is 5.88 Å². The molecular formula is C26H35N3O4. The summed E-state index contributed by atoms with van der Waals surface area (Å²) in [5.41, 5.74) is 2.83. The van der Waals surface area contributed by atoms with E-state index in [2.05, 4.69) is 18.7 Å². The SMILES string of the molecule is CC[C@H](C)N(Cc1c(-c2ccccc2)nn(C)c1Oc1ccccc1OC)C[C@@H](O)COC. The maximum absolute atomic E-state index is 10.5. The van der Waals surface area contributed by atoms with Crippen LogP contribution < -0.4 is 9.47 Å². The van der Waals surface area contributed by atoms with E-state index in [9.17, 15) is 5.11 Å². The third-order valence-corrected chi connectivity index (χ3v) is 5.79. The first-order chi connectivity index (χ1) is 16.0. The summed E-state index contributed by atoms with van der Waals surface area (Å²) in [6, 6.07) is 17.9. The molecule has 0 aliphatic carbocycles. The molecule has 33 heavy (non-hydrogen) atoms. The zero-order valence-corrected chi connectivity index (χ0v) is 20.2. The van der Waals surface area contributed by atoms with Gasteiger partial charge in [-0.25, -0.2) is 4.68 Å². The Kier molecular flexibility index (Phi) is 8.88. The molecular weight excluding hydrogens is 418 g/mol. The number of hydrogen-bond acceptors (Lipinski definition) is 6. The normalized spacial score (nSPS) is 13.2. The summed E-state index contributed by atoms with van der Waals surface area (Å²) < 4.78 is 18.8. The third-order valence-electron chi connectivity index (χ3n) is 5.79. The zero-order valence-electron chi connectivity index (χ0n) is 20.2. The molecule has 0 fully saturated rings. The van der Waals surface area contributed by atoms with Gasteiger partial charge in [0.15, 0.2) is 11.5 Å². The van der Waals surface area contributed by atoms with Crippen molar-refractivity contribution in [1.29, 1.82) is 0 Å². The smallest absolute Gasteiger partial charge is 0.222 e. The van der Waals surface area contributed by atoms with Crippen molar-refractivity contribution in [2.45, 2.75) is 39.0 Å². The van der Waals surface area contributed by atoms with E-state index in [0.717, 1.165) is 23.2 Å². The predicted octanol–water partition coefficient (Wildman–Crippen LogP) is 4.50. The van der Waals surface area contributed by atoms with Crippen LogP contribution in [-0.4, -0.2) is 59.3 Å². The van der Waals surface area contributed by atoms with Gasteiger partial charge in [0.1, 0.15) is 5.69 Å². The quantitative estimate of drug-likeness (QED) is 0.436. The van der Waals surface area contributed by atoms with Crippen LogP contribution in [0.4, 0.5) is 0 Å². The Morgan fingerprint density at radius 2 is 1.70 bits per heavy atom. The number of aryl methyl sites for hydroxylation is 1. The lowest BCUT2D eigenvalue weighted by molar-refractivity contribution is 0.0253. The standard InChI is InChI=1S/C26H35N3O4/c1-6-19(2)29(16-21(30)18-31-4)17-22-25(20-12-8-7-9-13-20)27-28(3)26(22)33-24-15-11-10-14-23(24)32-5/h7-15,19,21,30H,6,16-18H2,1-5H3/t19-,21+/m0/s1. The van der Waals surface area contributed by atoms with Gasteiger partial charge in [-0.1, -0.05) is 49.4 Å². The van der Waals surface area contributed by atoms with Crippen molar-refractivity contribution in [3.05, 3.63) is 60.2 Å². The maximum Gasteiger partial charge on any atom is 0.222 e. The first-order valence-electron chi connectivity index (χ1n) is 11.3. The molecule has 178 valence electrons. The lowest BCUT2D eigenvalue weighted by Gasteiger charge is -2.30.